The molecule has 21 heavy (non-hydrogen) atoms. The topological polar surface area (TPSA) is 61.8 Å². The van der Waals surface area contributed by atoms with Crippen LogP contribution in [0.5, 0.6) is 0 Å². The van der Waals surface area contributed by atoms with Gasteiger partial charge in [0.2, 0.25) is 0 Å². The highest BCUT2D eigenvalue weighted by Crippen LogP contribution is 2.18. The Morgan fingerprint density at radius 1 is 1.29 bits per heavy atom. The number of ketones is 1. The van der Waals surface area contributed by atoms with Crippen LogP contribution >= 0.6 is 0 Å². The van der Waals surface area contributed by atoms with Crippen LogP contribution in [0.4, 0.5) is 0 Å². The van der Waals surface area contributed by atoms with Crippen molar-refractivity contribution in [2.24, 2.45) is 0 Å². The fourth-order valence-electron chi connectivity index (χ4n) is 2.23. The van der Waals surface area contributed by atoms with Crippen molar-refractivity contribution in [1.82, 2.24) is 0 Å². The summed E-state index contributed by atoms with van der Waals surface area (Å²) in [7, 11) is 0. The normalized spacial score (nSPS) is 22.0. The highest BCUT2D eigenvalue weighted by Gasteiger charge is 2.33. The second-order valence-corrected chi connectivity index (χ2v) is 4.95. The van der Waals surface area contributed by atoms with Crippen molar-refractivity contribution in [3.8, 4) is 0 Å². The van der Waals surface area contributed by atoms with Gasteiger partial charge in [0.25, 0.3) is 0 Å². The molecule has 1 aliphatic heterocycles. The van der Waals surface area contributed by atoms with E-state index in [9.17, 15) is 9.59 Å². The fraction of sp³-hybridized carbons (Fsp3) is 0.500. The highest BCUT2D eigenvalue weighted by molar-refractivity contribution is 5.87. The average molecular weight is 292 g/mol. The first-order chi connectivity index (χ1) is 10.2. The number of benzene rings is 1. The lowest BCUT2D eigenvalue weighted by Gasteiger charge is -2.27. The summed E-state index contributed by atoms with van der Waals surface area (Å²) < 4.78 is 16.0. The number of ether oxygens (including phenoxy) is 3. The maximum Gasteiger partial charge on any atom is 0.335 e. The Morgan fingerprint density at radius 3 is 2.76 bits per heavy atom. The molecule has 0 N–H and O–H groups in total. The maximum atomic E-state index is 11.7. The van der Waals surface area contributed by atoms with Gasteiger partial charge in [0.05, 0.1) is 25.9 Å². The third-order valence-corrected chi connectivity index (χ3v) is 3.19. The highest BCUT2D eigenvalue weighted by atomic mass is 16.6. The molecular weight excluding hydrogens is 272 g/mol. The zero-order valence-corrected chi connectivity index (χ0v) is 12.1. The molecule has 1 aromatic carbocycles. The van der Waals surface area contributed by atoms with E-state index >= 15 is 0 Å². The summed E-state index contributed by atoms with van der Waals surface area (Å²) >= 11 is 0. The zero-order valence-electron chi connectivity index (χ0n) is 12.1. The van der Waals surface area contributed by atoms with Gasteiger partial charge in [0.15, 0.2) is 6.10 Å². The summed E-state index contributed by atoms with van der Waals surface area (Å²) in [4.78, 5) is 23.3. The largest absolute Gasteiger partial charge is 0.464 e. The molecule has 1 heterocycles. The van der Waals surface area contributed by atoms with Crippen molar-refractivity contribution in [1.29, 1.82) is 0 Å². The third kappa shape index (κ3) is 4.95. The molecule has 1 aliphatic rings. The van der Waals surface area contributed by atoms with E-state index in [0.717, 1.165) is 5.56 Å². The molecule has 0 aliphatic carbocycles. The van der Waals surface area contributed by atoms with E-state index < -0.39 is 12.1 Å². The minimum absolute atomic E-state index is 0.00705. The van der Waals surface area contributed by atoms with Gasteiger partial charge in [-0.05, 0) is 12.5 Å². The monoisotopic (exact) mass is 292 g/mol. The van der Waals surface area contributed by atoms with Crippen molar-refractivity contribution < 1.29 is 23.8 Å². The maximum absolute atomic E-state index is 11.7. The molecule has 1 fully saturated rings. The van der Waals surface area contributed by atoms with Crippen LogP contribution < -0.4 is 0 Å². The Bertz CT molecular complexity index is 471. The number of rotatable bonds is 6. The number of hydrogen-bond acceptors (Lipinski definition) is 5. The predicted molar refractivity (Wildman–Crippen MR) is 75.6 cm³/mol. The van der Waals surface area contributed by atoms with E-state index in [1.165, 1.54) is 0 Å². The molecule has 0 saturated carbocycles. The van der Waals surface area contributed by atoms with Crippen molar-refractivity contribution >= 4 is 11.8 Å². The number of carbonyl (C=O) groups is 2. The van der Waals surface area contributed by atoms with Gasteiger partial charge in [0.1, 0.15) is 5.78 Å². The van der Waals surface area contributed by atoms with Crippen LogP contribution in [0.15, 0.2) is 30.3 Å². The summed E-state index contributed by atoms with van der Waals surface area (Å²) in [5, 5.41) is 0. The lowest BCUT2D eigenvalue weighted by molar-refractivity contribution is -0.172. The van der Waals surface area contributed by atoms with E-state index in [2.05, 4.69) is 0 Å². The number of hydrogen-bond donors (Lipinski definition) is 0. The SMILES string of the molecule is CCOC(=O)[C@H]1CC(=O)C[C@@H](COCc2ccccc2)O1. The molecule has 0 amide bonds. The van der Waals surface area contributed by atoms with Gasteiger partial charge in [-0.1, -0.05) is 30.3 Å². The molecule has 2 rings (SSSR count). The second-order valence-electron chi connectivity index (χ2n) is 4.95. The van der Waals surface area contributed by atoms with Gasteiger partial charge in [-0.3, -0.25) is 4.79 Å². The molecular formula is C16H20O5. The molecule has 0 aromatic heterocycles. The van der Waals surface area contributed by atoms with Crippen LogP contribution in [0, 0.1) is 0 Å². The van der Waals surface area contributed by atoms with E-state index in [0.29, 0.717) is 6.61 Å². The molecule has 114 valence electrons. The minimum atomic E-state index is -0.795. The standard InChI is InChI=1S/C16H20O5/c1-2-20-16(18)15-9-13(17)8-14(21-15)11-19-10-12-6-4-3-5-7-12/h3-7,14-15H,2,8-11H2,1H3/t14-,15+/m0/s1. The van der Waals surface area contributed by atoms with Crippen LogP contribution in [-0.2, 0) is 30.4 Å². The average Bonchev–Trinajstić information content (AvgIpc) is 2.48. The van der Waals surface area contributed by atoms with E-state index in [1.807, 2.05) is 30.3 Å². The zero-order chi connectivity index (χ0) is 15.1. The lowest BCUT2D eigenvalue weighted by atomic mass is 10.0. The van der Waals surface area contributed by atoms with Crippen molar-refractivity contribution in [2.45, 2.75) is 38.6 Å². The van der Waals surface area contributed by atoms with E-state index in [1.54, 1.807) is 6.92 Å². The molecule has 5 nitrogen and oxygen atoms in total. The Labute approximate surface area is 124 Å². The fourth-order valence-corrected chi connectivity index (χ4v) is 2.23. The van der Waals surface area contributed by atoms with Crippen LogP contribution in [0.25, 0.3) is 0 Å². The summed E-state index contributed by atoms with van der Waals surface area (Å²) in [6, 6.07) is 9.76. The Morgan fingerprint density at radius 2 is 2.05 bits per heavy atom. The summed E-state index contributed by atoms with van der Waals surface area (Å²) in [6.07, 6.45) is -0.806. The number of Topliss-reactive ketones (excluding diaryl/α,β-unsaturated/α-hetero) is 1. The van der Waals surface area contributed by atoms with Crippen LogP contribution in [0.3, 0.4) is 0 Å². The second kappa shape index (κ2) is 7.90. The smallest absolute Gasteiger partial charge is 0.335 e. The number of carbonyl (C=O) groups excluding carboxylic acids is 2. The first-order valence-electron chi connectivity index (χ1n) is 7.14. The van der Waals surface area contributed by atoms with Crippen molar-refractivity contribution in [2.75, 3.05) is 13.2 Å². The molecule has 2 atom stereocenters. The van der Waals surface area contributed by atoms with Gasteiger partial charge in [-0.25, -0.2) is 4.79 Å². The summed E-state index contributed by atoms with van der Waals surface area (Å²) in [5.74, 6) is -0.466. The van der Waals surface area contributed by atoms with Crippen molar-refractivity contribution in [3.63, 3.8) is 0 Å². The van der Waals surface area contributed by atoms with E-state index in [-0.39, 0.29) is 37.9 Å². The summed E-state index contributed by atoms with van der Waals surface area (Å²) in [6.45, 7) is 2.75. The van der Waals surface area contributed by atoms with Crippen molar-refractivity contribution in [3.05, 3.63) is 35.9 Å². The van der Waals surface area contributed by atoms with E-state index in [4.69, 9.17) is 14.2 Å². The molecule has 1 aromatic rings. The molecule has 0 unspecified atom stereocenters. The number of esters is 1. The van der Waals surface area contributed by atoms with Gasteiger partial charge in [0, 0.05) is 12.8 Å². The van der Waals surface area contributed by atoms with Crippen LogP contribution in [-0.4, -0.2) is 37.2 Å². The molecule has 0 spiro atoms. The summed E-state index contributed by atoms with van der Waals surface area (Å²) in [5.41, 5.74) is 1.06. The predicted octanol–water partition coefficient (Wildman–Crippen LogP) is 1.88. The lowest BCUT2D eigenvalue weighted by Crippen LogP contribution is -2.40. The van der Waals surface area contributed by atoms with Crippen LogP contribution in [0.1, 0.15) is 25.3 Å². The molecule has 5 heteroatoms. The Kier molecular flexibility index (Phi) is 5.90. The third-order valence-electron chi connectivity index (χ3n) is 3.19. The Balaban J connectivity index is 1.79. The molecule has 0 radical (unpaired) electrons. The Hall–Kier alpha value is -1.72. The minimum Gasteiger partial charge on any atom is -0.464 e. The first kappa shape index (κ1) is 15.7. The van der Waals surface area contributed by atoms with Gasteiger partial charge >= 0.3 is 5.97 Å². The van der Waals surface area contributed by atoms with Crippen LogP contribution in [0.2, 0.25) is 0 Å². The quantitative estimate of drug-likeness (QED) is 0.749. The van der Waals surface area contributed by atoms with Gasteiger partial charge in [-0.15, -0.1) is 0 Å². The van der Waals surface area contributed by atoms with Gasteiger partial charge in [-0.2, -0.15) is 0 Å². The molecule has 0 bridgehead atoms. The van der Waals surface area contributed by atoms with Gasteiger partial charge < -0.3 is 14.2 Å². The molecule has 1 saturated heterocycles. The first-order valence-corrected chi connectivity index (χ1v) is 7.14.